The van der Waals surface area contributed by atoms with E-state index < -0.39 is 0 Å². The number of ether oxygens (including phenoxy) is 1. The number of hydrogen-bond donors (Lipinski definition) is 0. The molecule has 1 aliphatic rings. The number of hydrogen-bond acceptors (Lipinski definition) is 1. The summed E-state index contributed by atoms with van der Waals surface area (Å²) in [4.78, 5) is 0. The molecule has 0 spiro atoms. The van der Waals surface area contributed by atoms with Crippen LogP contribution in [0.5, 0.6) is 11.5 Å². The SMILES string of the molecule is CC1(C)c2ccccc2Oc2ccccc21.[Na].[Na]. The van der Waals surface area contributed by atoms with Gasteiger partial charge in [-0.05, 0) is 12.1 Å². The van der Waals surface area contributed by atoms with Crippen molar-refractivity contribution in [2.45, 2.75) is 19.3 Å². The Morgan fingerprint density at radius 1 is 0.722 bits per heavy atom. The van der Waals surface area contributed by atoms with Gasteiger partial charge >= 0.3 is 0 Å². The molecule has 2 radical (unpaired) electrons. The molecule has 0 atom stereocenters. The van der Waals surface area contributed by atoms with Crippen molar-refractivity contribution in [1.29, 1.82) is 0 Å². The molecule has 0 N–H and O–H groups in total. The van der Waals surface area contributed by atoms with Crippen LogP contribution in [0.15, 0.2) is 48.5 Å². The summed E-state index contributed by atoms with van der Waals surface area (Å²) in [5, 5.41) is 0. The molecule has 0 saturated heterocycles. The van der Waals surface area contributed by atoms with Gasteiger partial charge in [0, 0.05) is 75.7 Å². The fourth-order valence-electron chi connectivity index (χ4n) is 2.41. The zero-order chi connectivity index (χ0) is 11.2. The maximum atomic E-state index is 5.91. The topological polar surface area (TPSA) is 9.23 Å². The number of fused-ring (bicyclic) bond motifs is 2. The second-order valence-electron chi connectivity index (χ2n) is 4.72. The van der Waals surface area contributed by atoms with E-state index in [1.807, 2.05) is 24.3 Å². The van der Waals surface area contributed by atoms with Gasteiger partial charge in [0.1, 0.15) is 11.5 Å². The van der Waals surface area contributed by atoms with Gasteiger partial charge in [0.05, 0.1) is 0 Å². The van der Waals surface area contributed by atoms with Crippen LogP contribution in [0.3, 0.4) is 0 Å². The van der Waals surface area contributed by atoms with Crippen molar-refractivity contribution in [2.75, 3.05) is 0 Å². The van der Waals surface area contributed by atoms with Crippen molar-refractivity contribution < 1.29 is 4.74 Å². The van der Waals surface area contributed by atoms with Gasteiger partial charge in [0.2, 0.25) is 0 Å². The van der Waals surface area contributed by atoms with Crippen molar-refractivity contribution in [2.24, 2.45) is 0 Å². The minimum absolute atomic E-state index is 0. The summed E-state index contributed by atoms with van der Waals surface area (Å²) in [7, 11) is 0. The third-order valence-corrected chi connectivity index (χ3v) is 3.34. The molecule has 0 saturated carbocycles. The monoisotopic (exact) mass is 256 g/mol. The molecule has 82 valence electrons. The zero-order valence-corrected chi connectivity index (χ0v) is 15.5. The molecule has 18 heavy (non-hydrogen) atoms. The molecule has 2 aromatic carbocycles. The third kappa shape index (κ3) is 2.58. The smallest absolute Gasteiger partial charge is 0.131 e. The van der Waals surface area contributed by atoms with Crippen molar-refractivity contribution in [3.63, 3.8) is 0 Å². The zero-order valence-electron chi connectivity index (χ0n) is 11.5. The normalized spacial score (nSPS) is 14.1. The van der Waals surface area contributed by atoms with Gasteiger partial charge in [0.15, 0.2) is 0 Å². The summed E-state index contributed by atoms with van der Waals surface area (Å²) in [6.07, 6.45) is 0. The molecule has 2 aromatic rings. The van der Waals surface area contributed by atoms with E-state index in [4.69, 9.17) is 4.74 Å². The van der Waals surface area contributed by atoms with Crippen LogP contribution < -0.4 is 4.74 Å². The number of para-hydroxylation sites is 2. The predicted octanol–water partition coefficient (Wildman–Crippen LogP) is 3.36. The third-order valence-electron chi connectivity index (χ3n) is 3.34. The van der Waals surface area contributed by atoms with Crippen LogP contribution in [-0.4, -0.2) is 59.1 Å². The largest absolute Gasteiger partial charge is 0.457 e. The first-order valence-electron chi connectivity index (χ1n) is 5.56. The molecular formula is C15H14Na2O. The van der Waals surface area contributed by atoms with E-state index in [0.29, 0.717) is 0 Å². The Balaban J connectivity index is 0.000000810. The fraction of sp³-hybridized carbons (Fsp3) is 0.200. The minimum Gasteiger partial charge on any atom is -0.457 e. The first-order valence-corrected chi connectivity index (χ1v) is 5.56. The molecule has 0 fully saturated rings. The van der Waals surface area contributed by atoms with Crippen molar-refractivity contribution in [1.82, 2.24) is 0 Å². The van der Waals surface area contributed by atoms with Crippen LogP contribution in [0.1, 0.15) is 25.0 Å². The molecule has 3 rings (SSSR count). The molecular weight excluding hydrogens is 242 g/mol. The van der Waals surface area contributed by atoms with Gasteiger partial charge < -0.3 is 4.74 Å². The number of rotatable bonds is 0. The first-order chi connectivity index (χ1) is 7.69. The quantitative estimate of drug-likeness (QED) is 0.657. The first kappa shape index (κ1) is 16.3. The van der Waals surface area contributed by atoms with Gasteiger partial charge in [-0.1, -0.05) is 50.2 Å². The minimum atomic E-state index is 0. The van der Waals surface area contributed by atoms with Gasteiger partial charge in [-0.15, -0.1) is 0 Å². The molecule has 1 heterocycles. The summed E-state index contributed by atoms with van der Waals surface area (Å²) >= 11 is 0. The van der Waals surface area contributed by atoms with Crippen LogP contribution in [-0.2, 0) is 5.41 Å². The fourth-order valence-corrected chi connectivity index (χ4v) is 2.41. The predicted molar refractivity (Wildman–Crippen MR) is 76.6 cm³/mol. The van der Waals surface area contributed by atoms with Gasteiger partial charge in [-0.2, -0.15) is 0 Å². The second-order valence-corrected chi connectivity index (χ2v) is 4.72. The van der Waals surface area contributed by atoms with E-state index in [1.54, 1.807) is 0 Å². The van der Waals surface area contributed by atoms with Crippen LogP contribution >= 0.6 is 0 Å². The molecule has 0 unspecified atom stereocenters. The molecule has 1 aliphatic heterocycles. The van der Waals surface area contributed by atoms with Crippen molar-refractivity contribution in [3.05, 3.63) is 59.7 Å². The van der Waals surface area contributed by atoms with E-state index in [2.05, 4.69) is 38.1 Å². The Morgan fingerprint density at radius 3 is 1.56 bits per heavy atom. The summed E-state index contributed by atoms with van der Waals surface area (Å²) in [5.74, 6) is 1.96. The Bertz CT molecular complexity index is 502. The van der Waals surface area contributed by atoms with Crippen LogP contribution in [0, 0.1) is 0 Å². The van der Waals surface area contributed by atoms with Crippen LogP contribution in [0.25, 0.3) is 0 Å². The Hall–Kier alpha value is 0.240. The molecule has 1 nitrogen and oxygen atoms in total. The summed E-state index contributed by atoms with van der Waals surface area (Å²) in [6, 6.07) is 16.5. The van der Waals surface area contributed by atoms with E-state index in [1.165, 1.54) is 11.1 Å². The van der Waals surface area contributed by atoms with E-state index in [-0.39, 0.29) is 64.5 Å². The molecule has 0 aromatic heterocycles. The molecule has 0 amide bonds. The molecule has 0 bridgehead atoms. The molecule has 0 aliphatic carbocycles. The summed E-state index contributed by atoms with van der Waals surface area (Å²) < 4.78 is 5.91. The van der Waals surface area contributed by atoms with Gasteiger partial charge in [-0.25, -0.2) is 0 Å². The van der Waals surface area contributed by atoms with Crippen molar-refractivity contribution >= 4 is 59.1 Å². The summed E-state index contributed by atoms with van der Waals surface area (Å²) in [6.45, 7) is 4.49. The number of benzene rings is 2. The maximum absolute atomic E-state index is 5.91. The average molecular weight is 256 g/mol. The second kappa shape index (κ2) is 6.13. The van der Waals surface area contributed by atoms with E-state index in [0.717, 1.165) is 11.5 Å². The van der Waals surface area contributed by atoms with Gasteiger partial charge in [-0.3, -0.25) is 0 Å². The molecule has 3 heteroatoms. The Morgan fingerprint density at radius 2 is 1.11 bits per heavy atom. The van der Waals surface area contributed by atoms with Gasteiger partial charge in [0.25, 0.3) is 0 Å². The average Bonchev–Trinajstić information content (AvgIpc) is 2.29. The standard InChI is InChI=1S/C15H14O.2Na/c1-15(2)11-7-3-5-9-13(11)16-14-10-6-4-8-12(14)15;;/h3-10H,1-2H3;;. The Labute approximate surface area is 153 Å². The van der Waals surface area contributed by atoms with Crippen LogP contribution in [0.2, 0.25) is 0 Å². The van der Waals surface area contributed by atoms with E-state index >= 15 is 0 Å². The Kier molecular flexibility index (Phi) is 5.55. The maximum Gasteiger partial charge on any atom is 0.131 e. The van der Waals surface area contributed by atoms with Crippen LogP contribution in [0.4, 0.5) is 0 Å². The van der Waals surface area contributed by atoms with E-state index in [9.17, 15) is 0 Å². The summed E-state index contributed by atoms with van der Waals surface area (Å²) in [5.41, 5.74) is 2.54. The van der Waals surface area contributed by atoms with Crippen molar-refractivity contribution in [3.8, 4) is 11.5 Å².